The molecule has 1 atom stereocenters. The number of hydrogen-bond donors (Lipinski definition) is 5. The van der Waals surface area contributed by atoms with E-state index in [0.29, 0.717) is 23.5 Å². The molecule has 2 aromatic rings. The van der Waals surface area contributed by atoms with Gasteiger partial charge in [-0.3, -0.25) is 9.55 Å². The second-order valence-electron chi connectivity index (χ2n) is 3.37. The van der Waals surface area contributed by atoms with Crippen LogP contribution in [0.2, 0.25) is 0 Å². The van der Waals surface area contributed by atoms with Gasteiger partial charge in [-0.2, -0.15) is 25.3 Å². The molecular weight excluding hydrogens is 300 g/mol. The fourth-order valence-electron chi connectivity index (χ4n) is 1.57. The first-order valence-corrected chi connectivity index (χ1v) is 6.59. The Morgan fingerprint density at radius 3 is 2.47 bits per heavy atom. The summed E-state index contributed by atoms with van der Waals surface area (Å²) in [6.07, 6.45) is 0.582. The van der Waals surface area contributed by atoms with Crippen LogP contribution in [0.1, 0.15) is 11.8 Å². The first-order valence-electron chi connectivity index (χ1n) is 4.64. The summed E-state index contributed by atoms with van der Waals surface area (Å²) in [6, 6.07) is 0. The van der Waals surface area contributed by atoms with Crippen molar-refractivity contribution in [2.24, 2.45) is 0 Å². The van der Waals surface area contributed by atoms with Crippen LogP contribution in [0.3, 0.4) is 0 Å². The van der Waals surface area contributed by atoms with Crippen LogP contribution in [-0.4, -0.2) is 23.2 Å². The van der Waals surface area contributed by atoms with E-state index in [0.717, 1.165) is 7.94 Å². The summed E-state index contributed by atoms with van der Waals surface area (Å²) in [5, 5.41) is -0.373. The number of rotatable bonds is 3. The molecule has 0 saturated carbocycles. The standard InChI is InChI=1S/C7H10N4O2S4/c12-6-8-4-5(9(6)3(15)1-2-14)11(17)7(13)10(4)16/h3,14-17H,1-2H2,(H,8,12). The van der Waals surface area contributed by atoms with E-state index in [2.05, 4.69) is 55.9 Å². The molecule has 0 bridgehead atoms. The molecule has 6 nitrogen and oxygen atoms in total. The predicted octanol–water partition coefficient (Wildman–Crippen LogP) is 0.427. The van der Waals surface area contributed by atoms with Crippen molar-refractivity contribution in [1.82, 2.24) is 17.5 Å². The highest BCUT2D eigenvalue weighted by atomic mass is 32.1. The third-order valence-corrected chi connectivity index (χ3v) is 3.82. The maximum Gasteiger partial charge on any atom is 0.351 e. The summed E-state index contributed by atoms with van der Waals surface area (Å²) >= 11 is 16.4. The molecule has 0 radical (unpaired) electrons. The zero-order chi connectivity index (χ0) is 12.7. The Bertz CT molecular complexity index is 666. The Hall–Kier alpha value is -0.320. The lowest BCUT2D eigenvalue weighted by Gasteiger charge is -2.10. The van der Waals surface area contributed by atoms with E-state index in [1.807, 2.05) is 0 Å². The number of aromatic nitrogens is 4. The minimum atomic E-state index is -0.446. The van der Waals surface area contributed by atoms with Crippen molar-refractivity contribution in [1.29, 1.82) is 0 Å². The van der Waals surface area contributed by atoms with Crippen molar-refractivity contribution < 1.29 is 0 Å². The van der Waals surface area contributed by atoms with Crippen LogP contribution in [-0.2, 0) is 0 Å². The molecule has 2 rings (SSSR count). The smallest absolute Gasteiger partial charge is 0.289 e. The highest BCUT2D eigenvalue weighted by molar-refractivity contribution is 7.81. The molecule has 2 aromatic heterocycles. The van der Waals surface area contributed by atoms with Gasteiger partial charge in [-0.15, -0.1) is 0 Å². The van der Waals surface area contributed by atoms with E-state index in [1.54, 1.807) is 0 Å². The van der Waals surface area contributed by atoms with Crippen LogP contribution in [0.4, 0.5) is 0 Å². The number of nitrogens with zero attached hydrogens (tertiary/aromatic N) is 3. The molecule has 0 aliphatic rings. The van der Waals surface area contributed by atoms with Gasteiger partial charge in [0.25, 0.3) is 0 Å². The van der Waals surface area contributed by atoms with Crippen LogP contribution < -0.4 is 11.4 Å². The van der Waals surface area contributed by atoms with Gasteiger partial charge in [0, 0.05) is 0 Å². The van der Waals surface area contributed by atoms with Gasteiger partial charge < -0.3 is 0 Å². The molecular formula is C7H10N4O2S4. The highest BCUT2D eigenvalue weighted by Gasteiger charge is 2.20. The van der Waals surface area contributed by atoms with Gasteiger partial charge in [-0.05, 0) is 12.2 Å². The number of hydrogen-bond acceptors (Lipinski definition) is 6. The number of H-pyrrole nitrogens is 1. The second-order valence-corrected chi connectivity index (χ2v) is 5.21. The van der Waals surface area contributed by atoms with Crippen molar-refractivity contribution in [2.75, 3.05) is 5.75 Å². The molecule has 2 heterocycles. The molecule has 0 aliphatic heterocycles. The second kappa shape index (κ2) is 4.75. The fraction of sp³-hybridized carbons (Fsp3) is 0.429. The minimum Gasteiger partial charge on any atom is -0.289 e. The molecule has 0 fully saturated rings. The summed E-state index contributed by atoms with van der Waals surface area (Å²) in [5.74, 6) is 0.575. The molecule has 0 saturated heterocycles. The van der Waals surface area contributed by atoms with Gasteiger partial charge in [0.15, 0.2) is 11.3 Å². The number of thiol groups is 4. The average Bonchev–Trinajstić information content (AvgIpc) is 2.72. The van der Waals surface area contributed by atoms with Crippen molar-refractivity contribution in [2.45, 2.75) is 11.8 Å². The molecule has 1 N–H and O–H groups in total. The van der Waals surface area contributed by atoms with Crippen LogP contribution >= 0.6 is 50.9 Å². The SMILES string of the molecule is O=c1n(S)c2[nH]c(=O)n(C(S)CCS)c2n1S. The first-order chi connectivity index (χ1) is 7.99. The molecule has 94 valence electrons. The summed E-state index contributed by atoms with van der Waals surface area (Å²) in [6.45, 7) is 0. The maximum absolute atomic E-state index is 11.8. The zero-order valence-electron chi connectivity index (χ0n) is 8.44. The summed E-state index contributed by atoms with van der Waals surface area (Å²) in [7, 11) is 0. The highest BCUT2D eigenvalue weighted by Crippen LogP contribution is 2.21. The van der Waals surface area contributed by atoms with Crippen LogP contribution in [0.15, 0.2) is 9.59 Å². The topological polar surface area (TPSA) is 64.7 Å². The van der Waals surface area contributed by atoms with Gasteiger partial charge in [-0.1, -0.05) is 25.6 Å². The predicted molar refractivity (Wildman–Crippen MR) is 80.1 cm³/mol. The summed E-state index contributed by atoms with van der Waals surface area (Å²) in [4.78, 5) is 25.9. The van der Waals surface area contributed by atoms with Crippen molar-refractivity contribution in [3.05, 3.63) is 21.0 Å². The molecule has 0 spiro atoms. The number of fused-ring (bicyclic) bond motifs is 1. The summed E-state index contributed by atoms with van der Waals surface area (Å²) < 4.78 is 3.44. The summed E-state index contributed by atoms with van der Waals surface area (Å²) in [5.41, 5.74) is -0.155. The van der Waals surface area contributed by atoms with Crippen LogP contribution in [0, 0.1) is 0 Å². The van der Waals surface area contributed by atoms with E-state index >= 15 is 0 Å². The minimum absolute atomic E-state index is 0.302. The molecule has 0 amide bonds. The van der Waals surface area contributed by atoms with E-state index in [1.165, 1.54) is 4.57 Å². The van der Waals surface area contributed by atoms with E-state index in [-0.39, 0.29) is 11.1 Å². The van der Waals surface area contributed by atoms with Gasteiger partial charge in [0.1, 0.15) is 0 Å². The lowest BCUT2D eigenvalue weighted by molar-refractivity contribution is 0.656. The Balaban J connectivity index is 2.79. The number of aromatic amines is 1. The molecule has 10 heteroatoms. The lowest BCUT2D eigenvalue weighted by Crippen LogP contribution is -2.23. The number of imidazole rings is 2. The van der Waals surface area contributed by atoms with Gasteiger partial charge in [0.2, 0.25) is 0 Å². The van der Waals surface area contributed by atoms with Crippen LogP contribution in [0.25, 0.3) is 11.3 Å². The lowest BCUT2D eigenvalue weighted by atomic mass is 10.4. The van der Waals surface area contributed by atoms with E-state index in [9.17, 15) is 9.59 Å². The van der Waals surface area contributed by atoms with Gasteiger partial charge in [0.05, 0.1) is 5.37 Å². The molecule has 1 unspecified atom stereocenters. The largest absolute Gasteiger partial charge is 0.351 e. The Kier molecular flexibility index (Phi) is 3.66. The Morgan fingerprint density at radius 1 is 1.24 bits per heavy atom. The van der Waals surface area contributed by atoms with Crippen molar-refractivity contribution >= 4 is 62.2 Å². The van der Waals surface area contributed by atoms with Gasteiger partial charge >= 0.3 is 11.4 Å². The van der Waals surface area contributed by atoms with Crippen molar-refractivity contribution in [3.8, 4) is 0 Å². The molecule has 17 heavy (non-hydrogen) atoms. The normalized spacial score (nSPS) is 13.4. The Labute approximate surface area is 118 Å². The monoisotopic (exact) mass is 310 g/mol. The average molecular weight is 310 g/mol. The van der Waals surface area contributed by atoms with E-state index < -0.39 is 5.69 Å². The van der Waals surface area contributed by atoms with Gasteiger partial charge in [-0.25, -0.2) is 17.5 Å². The third-order valence-electron chi connectivity index (χ3n) is 2.34. The maximum atomic E-state index is 11.8. The zero-order valence-corrected chi connectivity index (χ0v) is 12.0. The Morgan fingerprint density at radius 2 is 1.88 bits per heavy atom. The van der Waals surface area contributed by atoms with Crippen LogP contribution in [0.5, 0.6) is 0 Å². The fourth-order valence-corrected chi connectivity index (χ4v) is 2.95. The quantitative estimate of drug-likeness (QED) is 0.534. The molecule has 0 aromatic carbocycles. The number of nitrogens with one attached hydrogen (secondary N) is 1. The third kappa shape index (κ3) is 1.96. The van der Waals surface area contributed by atoms with E-state index in [4.69, 9.17) is 0 Å². The van der Waals surface area contributed by atoms with Crippen molar-refractivity contribution in [3.63, 3.8) is 0 Å². The molecule has 0 aliphatic carbocycles. The first kappa shape index (κ1) is 13.1.